The number of urea groups is 1. The van der Waals surface area contributed by atoms with E-state index in [0.717, 1.165) is 17.7 Å². The number of aliphatic hydroxyl groups excluding tert-OH is 1. The van der Waals surface area contributed by atoms with Crippen molar-refractivity contribution in [1.29, 1.82) is 0 Å². The van der Waals surface area contributed by atoms with Gasteiger partial charge in [-0.3, -0.25) is 9.69 Å². The van der Waals surface area contributed by atoms with Crippen LogP contribution in [0.3, 0.4) is 0 Å². The molecule has 0 radical (unpaired) electrons. The van der Waals surface area contributed by atoms with Crippen LogP contribution in [0.1, 0.15) is 36.5 Å². The Morgan fingerprint density at radius 3 is 2.74 bits per heavy atom. The van der Waals surface area contributed by atoms with Crippen LogP contribution in [0.25, 0.3) is 5.57 Å². The maximum Gasteiger partial charge on any atom is 0.416 e. The Morgan fingerprint density at radius 2 is 2.03 bits per heavy atom. The number of alkyl halides is 3. The Morgan fingerprint density at radius 1 is 1.26 bits per heavy atom. The molecule has 2 aliphatic heterocycles. The lowest BCUT2D eigenvalue weighted by molar-refractivity contribution is -0.137. The molecular formula is C25H26F3N3O4. The molecule has 10 heteroatoms. The molecule has 0 saturated carbocycles. The number of benzene rings is 2. The van der Waals surface area contributed by atoms with Crippen molar-refractivity contribution < 1.29 is 32.6 Å². The highest BCUT2D eigenvalue weighted by Gasteiger charge is 2.32. The Balaban J connectivity index is 1.54. The van der Waals surface area contributed by atoms with Gasteiger partial charge in [-0.15, -0.1) is 0 Å². The number of ether oxygens (including phenoxy) is 1. The molecule has 0 aliphatic carbocycles. The summed E-state index contributed by atoms with van der Waals surface area (Å²) in [6.45, 7) is 2.43. The Hall–Kier alpha value is -3.53. The number of aliphatic hydroxyl groups is 1. The van der Waals surface area contributed by atoms with Gasteiger partial charge in [0, 0.05) is 37.5 Å². The number of anilines is 2. The van der Waals surface area contributed by atoms with Gasteiger partial charge < -0.3 is 20.1 Å². The maximum atomic E-state index is 13.1. The van der Waals surface area contributed by atoms with E-state index in [1.807, 2.05) is 6.07 Å². The summed E-state index contributed by atoms with van der Waals surface area (Å²) < 4.78 is 44.8. The highest BCUT2D eigenvalue weighted by Crippen LogP contribution is 2.38. The second-order valence-corrected chi connectivity index (χ2v) is 8.73. The molecule has 2 aromatic rings. The van der Waals surface area contributed by atoms with E-state index in [-0.39, 0.29) is 24.9 Å². The fraction of sp³-hybridized carbons (Fsp3) is 0.360. The number of nitrogens with zero attached hydrogens (tertiary/aromatic N) is 2. The van der Waals surface area contributed by atoms with Crippen molar-refractivity contribution in [2.24, 2.45) is 0 Å². The number of hydrogen-bond acceptors (Lipinski definition) is 4. The second-order valence-electron chi connectivity index (χ2n) is 8.73. The fourth-order valence-corrected chi connectivity index (χ4v) is 4.29. The molecule has 7 nitrogen and oxygen atoms in total. The zero-order chi connectivity index (χ0) is 25.3. The number of nitrogens with one attached hydrogen (secondary N) is 1. The summed E-state index contributed by atoms with van der Waals surface area (Å²) in [6, 6.07) is 8.25. The Kier molecular flexibility index (Phi) is 6.75. The molecule has 0 aromatic heterocycles. The van der Waals surface area contributed by atoms with E-state index >= 15 is 0 Å². The van der Waals surface area contributed by atoms with E-state index in [1.165, 1.54) is 17.0 Å². The summed E-state index contributed by atoms with van der Waals surface area (Å²) >= 11 is 0. The van der Waals surface area contributed by atoms with Gasteiger partial charge in [0.25, 0.3) is 0 Å². The number of carbonyl (C=O) groups is 2. The molecule has 0 fully saturated rings. The van der Waals surface area contributed by atoms with Crippen LogP contribution in [-0.2, 0) is 17.5 Å². The van der Waals surface area contributed by atoms with Crippen molar-refractivity contribution in [3.8, 4) is 5.75 Å². The van der Waals surface area contributed by atoms with Gasteiger partial charge in [0.2, 0.25) is 5.91 Å². The van der Waals surface area contributed by atoms with Gasteiger partial charge in [-0.1, -0.05) is 12.1 Å². The minimum Gasteiger partial charge on any atom is -0.493 e. The minimum absolute atomic E-state index is 0.104. The summed E-state index contributed by atoms with van der Waals surface area (Å²) in [5, 5.41) is 12.4. The maximum absolute atomic E-state index is 13.1. The van der Waals surface area contributed by atoms with Crippen LogP contribution in [0.4, 0.5) is 29.3 Å². The van der Waals surface area contributed by atoms with Crippen molar-refractivity contribution in [2.45, 2.75) is 38.6 Å². The van der Waals surface area contributed by atoms with Crippen LogP contribution < -0.4 is 15.0 Å². The number of carbonyl (C=O) groups excluding carboxylic acids is 2. The van der Waals surface area contributed by atoms with Crippen LogP contribution in [0, 0.1) is 0 Å². The molecule has 3 amide bonds. The molecule has 0 bridgehead atoms. The lowest BCUT2D eigenvalue weighted by atomic mass is 9.99. The monoisotopic (exact) mass is 489 g/mol. The number of halogens is 3. The third-order valence-electron chi connectivity index (χ3n) is 5.93. The fourth-order valence-electron chi connectivity index (χ4n) is 4.29. The van der Waals surface area contributed by atoms with Gasteiger partial charge >= 0.3 is 12.2 Å². The molecule has 0 spiro atoms. The molecular weight excluding hydrogens is 463 g/mol. The van der Waals surface area contributed by atoms with Gasteiger partial charge in [0.05, 0.1) is 24.0 Å². The summed E-state index contributed by atoms with van der Waals surface area (Å²) in [5.74, 6) is -0.333. The van der Waals surface area contributed by atoms with Crippen molar-refractivity contribution >= 4 is 28.9 Å². The number of allylic oxidation sites excluding steroid dienone is 1. The predicted molar refractivity (Wildman–Crippen MR) is 125 cm³/mol. The van der Waals surface area contributed by atoms with Crippen molar-refractivity contribution in [1.82, 2.24) is 4.90 Å². The zero-order valence-corrected chi connectivity index (χ0v) is 19.4. The first kappa shape index (κ1) is 24.6. The molecule has 2 N–H and O–H groups in total. The second kappa shape index (κ2) is 9.61. The summed E-state index contributed by atoms with van der Waals surface area (Å²) in [6.07, 6.45) is -2.73. The SMILES string of the molecule is CC(O)CN1Cc2ccc(NC(=O)C=C3CCCOc4cc(C(F)(F)F)ccc43)cc2N(C)C1=O. The van der Waals surface area contributed by atoms with E-state index in [4.69, 9.17) is 4.74 Å². The lowest BCUT2D eigenvalue weighted by Crippen LogP contribution is -2.47. The Bertz CT molecular complexity index is 1180. The minimum atomic E-state index is -4.49. The first-order chi connectivity index (χ1) is 16.5. The number of amides is 3. The lowest BCUT2D eigenvalue weighted by Gasteiger charge is -2.35. The number of fused-ring (bicyclic) bond motifs is 2. The van der Waals surface area contributed by atoms with Crippen LogP contribution in [0.2, 0.25) is 0 Å². The smallest absolute Gasteiger partial charge is 0.416 e. The van der Waals surface area contributed by atoms with Gasteiger partial charge in [-0.25, -0.2) is 4.79 Å². The van der Waals surface area contributed by atoms with E-state index in [2.05, 4.69) is 5.32 Å². The molecule has 2 aromatic carbocycles. The van der Waals surface area contributed by atoms with Crippen molar-refractivity contribution in [3.05, 3.63) is 59.2 Å². The molecule has 4 rings (SSSR count). The first-order valence-corrected chi connectivity index (χ1v) is 11.2. The number of rotatable bonds is 4. The first-order valence-electron chi connectivity index (χ1n) is 11.2. The summed E-state index contributed by atoms with van der Waals surface area (Å²) in [4.78, 5) is 28.4. The van der Waals surface area contributed by atoms with Crippen molar-refractivity contribution in [3.63, 3.8) is 0 Å². The van der Waals surface area contributed by atoms with Gasteiger partial charge in [0.1, 0.15) is 5.75 Å². The predicted octanol–water partition coefficient (Wildman–Crippen LogP) is 4.65. The number of β-amino-alcohol motifs (C(OH)–C–C–N with tert-alkyl or cyclic N) is 1. The molecule has 2 aliphatic rings. The van der Waals surface area contributed by atoms with E-state index < -0.39 is 23.8 Å². The molecule has 35 heavy (non-hydrogen) atoms. The van der Waals surface area contributed by atoms with Crippen LogP contribution in [-0.4, -0.2) is 48.2 Å². The number of hydrogen-bond donors (Lipinski definition) is 2. The van der Waals surface area contributed by atoms with Gasteiger partial charge in [0.15, 0.2) is 0 Å². The topological polar surface area (TPSA) is 82.1 Å². The molecule has 1 atom stereocenters. The quantitative estimate of drug-likeness (QED) is 0.613. The highest BCUT2D eigenvalue weighted by molar-refractivity contribution is 6.05. The Labute approximate surface area is 200 Å². The van der Waals surface area contributed by atoms with Crippen LogP contribution in [0.15, 0.2) is 42.5 Å². The third kappa shape index (κ3) is 5.43. The zero-order valence-electron chi connectivity index (χ0n) is 19.4. The third-order valence-corrected chi connectivity index (χ3v) is 5.93. The molecule has 1 unspecified atom stereocenters. The highest BCUT2D eigenvalue weighted by atomic mass is 19.4. The average Bonchev–Trinajstić information content (AvgIpc) is 2.98. The van der Waals surface area contributed by atoms with Crippen molar-refractivity contribution in [2.75, 3.05) is 30.4 Å². The van der Waals surface area contributed by atoms with Crippen LogP contribution >= 0.6 is 0 Å². The van der Waals surface area contributed by atoms with Crippen LogP contribution in [0.5, 0.6) is 5.75 Å². The van der Waals surface area contributed by atoms with Gasteiger partial charge in [-0.05, 0) is 55.2 Å². The summed E-state index contributed by atoms with van der Waals surface area (Å²) in [5.41, 5.74) is 2.24. The van der Waals surface area contributed by atoms with Gasteiger partial charge in [-0.2, -0.15) is 13.2 Å². The molecule has 0 saturated heterocycles. The van der Waals surface area contributed by atoms with E-state index in [9.17, 15) is 27.9 Å². The largest absolute Gasteiger partial charge is 0.493 e. The molecule has 2 heterocycles. The van der Waals surface area contributed by atoms with E-state index in [0.29, 0.717) is 41.9 Å². The summed E-state index contributed by atoms with van der Waals surface area (Å²) in [7, 11) is 1.63. The standard InChI is InChI=1S/C25H26F3N3O4/c1-15(32)13-31-14-17-5-7-19(12-21(17)30(2)24(31)34)29-23(33)10-16-4-3-9-35-22-11-18(25(26,27)28)6-8-20(16)22/h5-8,10-12,15,32H,3-4,9,13-14H2,1-2H3,(H,29,33). The molecule has 186 valence electrons. The average molecular weight is 489 g/mol. The van der Waals surface area contributed by atoms with E-state index in [1.54, 1.807) is 31.0 Å². The normalized spacial score (nSPS) is 17.9.